The van der Waals surface area contributed by atoms with Crippen LogP contribution in [0.15, 0.2) is 67.0 Å². The first-order valence-corrected chi connectivity index (χ1v) is 12.6. The van der Waals surface area contributed by atoms with E-state index < -0.39 is 17.8 Å². The number of nitrogens with zero attached hydrogens (tertiary/aromatic N) is 5. The summed E-state index contributed by atoms with van der Waals surface area (Å²) >= 11 is 12.5. The summed E-state index contributed by atoms with van der Waals surface area (Å²) in [7, 11) is 0. The van der Waals surface area contributed by atoms with Gasteiger partial charge >= 0.3 is 6.18 Å². The molecule has 0 bridgehead atoms. The molecule has 5 aromatic rings. The molecule has 0 aliphatic rings. The van der Waals surface area contributed by atoms with E-state index in [1.54, 1.807) is 42.6 Å². The lowest BCUT2D eigenvalue weighted by molar-refractivity contribution is -0.142. The number of aromatic nitrogens is 5. The standard InChI is InChI=1S/C27H21Cl2F3N6O/c1-15(2)16-6-8-17(9-7-16)22-12-23(27(30,31)32)38-25(34-22)18(13-33-38)26(39)35-24-10-11-37(36-24)14-19-20(28)4-3-5-21(19)29/h3-13,15H,14H2,1-2H3,(H,35,36,39). The van der Waals surface area contributed by atoms with Crippen LogP contribution in [-0.2, 0) is 12.7 Å². The minimum Gasteiger partial charge on any atom is -0.305 e. The molecule has 7 nitrogen and oxygen atoms in total. The van der Waals surface area contributed by atoms with E-state index in [9.17, 15) is 18.0 Å². The van der Waals surface area contributed by atoms with Crippen molar-refractivity contribution in [1.29, 1.82) is 0 Å². The van der Waals surface area contributed by atoms with Crippen molar-refractivity contribution in [2.24, 2.45) is 0 Å². The zero-order chi connectivity index (χ0) is 27.9. The predicted molar refractivity (Wildman–Crippen MR) is 143 cm³/mol. The molecule has 12 heteroatoms. The monoisotopic (exact) mass is 572 g/mol. The molecule has 39 heavy (non-hydrogen) atoms. The summed E-state index contributed by atoms with van der Waals surface area (Å²) in [5, 5.41) is 11.7. The Bertz CT molecular complexity index is 1660. The Morgan fingerprint density at radius 2 is 1.74 bits per heavy atom. The third-order valence-corrected chi connectivity index (χ3v) is 6.85. The number of amides is 1. The van der Waals surface area contributed by atoms with E-state index in [2.05, 4.69) is 20.5 Å². The van der Waals surface area contributed by atoms with Crippen LogP contribution >= 0.6 is 23.2 Å². The van der Waals surface area contributed by atoms with Crippen LogP contribution in [0.2, 0.25) is 10.0 Å². The van der Waals surface area contributed by atoms with Crippen LogP contribution in [-0.4, -0.2) is 30.3 Å². The Kier molecular flexibility index (Phi) is 7.09. The summed E-state index contributed by atoms with van der Waals surface area (Å²) in [5.74, 6) is -0.270. The zero-order valence-corrected chi connectivity index (χ0v) is 22.2. The number of hydrogen-bond acceptors (Lipinski definition) is 4. The van der Waals surface area contributed by atoms with Crippen molar-refractivity contribution in [3.8, 4) is 11.3 Å². The molecule has 0 aliphatic carbocycles. The van der Waals surface area contributed by atoms with Gasteiger partial charge in [0.05, 0.1) is 18.4 Å². The maximum atomic E-state index is 14.0. The number of halogens is 5. The van der Waals surface area contributed by atoms with Gasteiger partial charge in [0.25, 0.3) is 5.91 Å². The Morgan fingerprint density at radius 1 is 1.05 bits per heavy atom. The molecule has 1 amide bonds. The number of carbonyl (C=O) groups excluding carboxylic acids is 1. The summed E-state index contributed by atoms with van der Waals surface area (Å²) in [4.78, 5) is 17.5. The van der Waals surface area contributed by atoms with Gasteiger partial charge in [-0.05, 0) is 29.7 Å². The molecule has 1 N–H and O–H groups in total. The van der Waals surface area contributed by atoms with E-state index in [-0.39, 0.29) is 35.2 Å². The van der Waals surface area contributed by atoms with Crippen LogP contribution in [0, 0.1) is 0 Å². The first-order valence-electron chi connectivity index (χ1n) is 11.9. The van der Waals surface area contributed by atoms with Gasteiger partial charge in [-0.2, -0.15) is 23.4 Å². The molecule has 3 heterocycles. The third-order valence-electron chi connectivity index (χ3n) is 6.14. The molecular formula is C27H21Cl2F3N6O. The second-order valence-corrected chi connectivity index (χ2v) is 9.96. The van der Waals surface area contributed by atoms with E-state index in [0.29, 0.717) is 25.7 Å². The third kappa shape index (κ3) is 5.48. The highest BCUT2D eigenvalue weighted by Crippen LogP contribution is 2.33. The minimum atomic E-state index is -4.73. The molecular weight excluding hydrogens is 552 g/mol. The second kappa shape index (κ2) is 10.3. The summed E-state index contributed by atoms with van der Waals surface area (Å²) < 4.78 is 44.0. The summed E-state index contributed by atoms with van der Waals surface area (Å²) in [5.41, 5.74) is 0.837. The summed E-state index contributed by atoms with van der Waals surface area (Å²) in [6, 6.07) is 14.7. The summed E-state index contributed by atoms with van der Waals surface area (Å²) in [6.45, 7) is 4.29. The quantitative estimate of drug-likeness (QED) is 0.231. The predicted octanol–water partition coefficient (Wildman–Crippen LogP) is 7.34. The first kappa shape index (κ1) is 26.7. The first-order chi connectivity index (χ1) is 18.5. The molecule has 0 saturated carbocycles. The second-order valence-electron chi connectivity index (χ2n) is 9.15. The number of hydrogen-bond donors (Lipinski definition) is 1. The highest BCUT2D eigenvalue weighted by atomic mass is 35.5. The molecule has 0 atom stereocenters. The number of nitrogens with one attached hydrogen (secondary N) is 1. The highest BCUT2D eigenvalue weighted by molar-refractivity contribution is 6.36. The van der Waals surface area contributed by atoms with E-state index in [4.69, 9.17) is 23.2 Å². The Balaban J connectivity index is 1.47. The number of benzene rings is 2. The zero-order valence-electron chi connectivity index (χ0n) is 20.7. The lowest BCUT2D eigenvalue weighted by atomic mass is 10.0. The van der Waals surface area contributed by atoms with E-state index in [0.717, 1.165) is 17.8 Å². The van der Waals surface area contributed by atoms with E-state index >= 15 is 0 Å². The lowest BCUT2D eigenvalue weighted by Crippen LogP contribution is -2.16. The number of rotatable bonds is 6. The lowest BCUT2D eigenvalue weighted by Gasteiger charge is -2.12. The van der Waals surface area contributed by atoms with Gasteiger partial charge < -0.3 is 5.32 Å². The minimum absolute atomic E-state index is 0.0700. The Hall–Kier alpha value is -3.89. The number of anilines is 1. The molecule has 0 saturated heterocycles. The van der Waals surface area contributed by atoms with Crippen molar-refractivity contribution in [2.75, 3.05) is 5.32 Å². The molecule has 0 spiro atoms. The molecule has 0 radical (unpaired) electrons. The number of fused-ring (bicyclic) bond motifs is 1. The molecule has 200 valence electrons. The van der Waals surface area contributed by atoms with E-state index in [1.165, 1.54) is 4.68 Å². The average Bonchev–Trinajstić information content (AvgIpc) is 3.52. The van der Waals surface area contributed by atoms with Gasteiger partial charge in [-0.15, -0.1) is 0 Å². The maximum Gasteiger partial charge on any atom is 0.433 e. The fourth-order valence-electron chi connectivity index (χ4n) is 4.06. The van der Waals surface area contributed by atoms with Crippen LogP contribution in [0.5, 0.6) is 0 Å². The SMILES string of the molecule is CC(C)c1ccc(-c2cc(C(F)(F)F)n3ncc(C(=O)Nc4ccn(Cc5c(Cl)cccc5Cl)n4)c3n2)cc1. The fraction of sp³-hybridized carbons (Fsp3) is 0.185. The van der Waals surface area contributed by atoms with Gasteiger partial charge in [-0.1, -0.05) is 67.4 Å². The van der Waals surface area contributed by atoms with Gasteiger partial charge in [0.2, 0.25) is 0 Å². The normalized spacial score (nSPS) is 11.9. The van der Waals surface area contributed by atoms with Gasteiger partial charge in [0, 0.05) is 33.4 Å². The topological polar surface area (TPSA) is 77.1 Å². The average molecular weight is 573 g/mol. The molecule has 5 rings (SSSR count). The van der Waals surface area contributed by atoms with Crippen molar-refractivity contribution in [3.63, 3.8) is 0 Å². The number of carbonyl (C=O) groups is 1. The van der Waals surface area contributed by atoms with Crippen molar-refractivity contribution >= 4 is 40.6 Å². The Morgan fingerprint density at radius 3 is 2.38 bits per heavy atom. The maximum absolute atomic E-state index is 14.0. The van der Waals surface area contributed by atoms with Crippen LogP contribution in [0.1, 0.15) is 46.9 Å². The van der Waals surface area contributed by atoms with Gasteiger partial charge in [0.1, 0.15) is 5.56 Å². The molecule has 3 aromatic heterocycles. The molecule has 0 fully saturated rings. The largest absolute Gasteiger partial charge is 0.433 e. The Labute approximate surface area is 231 Å². The van der Waals surface area contributed by atoms with E-state index in [1.807, 2.05) is 26.0 Å². The van der Waals surface area contributed by atoms with Crippen molar-refractivity contribution < 1.29 is 18.0 Å². The van der Waals surface area contributed by atoms with Crippen LogP contribution in [0.3, 0.4) is 0 Å². The summed E-state index contributed by atoms with van der Waals surface area (Å²) in [6.07, 6.45) is -2.06. The van der Waals surface area contributed by atoms with Gasteiger partial charge in [-0.25, -0.2) is 9.50 Å². The fourth-order valence-corrected chi connectivity index (χ4v) is 4.57. The van der Waals surface area contributed by atoms with Crippen LogP contribution in [0.4, 0.5) is 19.0 Å². The van der Waals surface area contributed by atoms with Crippen molar-refractivity contribution in [1.82, 2.24) is 24.4 Å². The number of alkyl halides is 3. The highest BCUT2D eigenvalue weighted by Gasteiger charge is 2.36. The molecule has 0 unspecified atom stereocenters. The van der Waals surface area contributed by atoms with Crippen LogP contribution < -0.4 is 5.32 Å². The van der Waals surface area contributed by atoms with Gasteiger partial charge in [-0.3, -0.25) is 9.48 Å². The molecule has 0 aliphatic heterocycles. The van der Waals surface area contributed by atoms with Crippen molar-refractivity contribution in [3.05, 3.63) is 99.4 Å². The van der Waals surface area contributed by atoms with Gasteiger partial charge in [0.15, 0.2) is 17.2 Å². The molecule has 2 aromatic carbocycles. The van der Waals surface area contributed by atoms with Crippen LogP contribution in [0.25, 0.3) is 16.9 Å². The van der Waals surface area contributed by atoms with Crippen molar-refractivity contribution in [2.45, 2.75) is 32.5 Å². The smallest absolute Gasteiger partial charge is 0.305 e.